The summed E-state index contributed by atoms with van der Waals surface area (Å²) >= 11 is 0. The predicted octanol–water partition coefficient (Wildman–Crippen LogP) is 5.52. The van der Waals surface area contributed by atoms with Gasteiger partial charge in [-0.05, 0) is 48.5 Å². The van der Waals surface area contributed by atoms with Crippen LogP contribution in [0.5, 0.6) is 5.75 Å². The summed E-state index contributed by atoms with van der Waals surface area (Å²) in [5.74, 6) is 1.19. The number of nitrogens with zero attached hydrogens (tertiary/aromatic N) is 3. The fourth-order valence-electron chi connectivity index (χ4n) is 4.22. The Kier molecular flexibility index (Phi) is 8.13. The number of nitrogens with one attached hydrogen (secondary N) is 3. The van der Waals surface area contributed by atoms with Crippen molar-refractivity contribution in [2.75, 3.05) is 50.1 Å². The van der Waals surface area contributed by atoms with E-state index in [0.29, 0.717) is 35.0 Å². The number of urea groups is 1. The molecule has 3 N–H and O–H groups in total. The van der Waals surface area contributed by atoms with E-state index >= 15 is 0 Å². The second-order valence-electron chi connectivity index (χ2n) is 10.6. The van der Waals surface area contributed by atoms with E-state index in [9.17, 15) is 9.18 Å². The lowest BCUT2D eigenvalue weighted by Crippen LogP contribution is -2.38. The van der Waals surface area contributed by atoms with Crippen molar-refractivity contribution in [2.24, 2.45) is 0 Å². The Morgan fingerprint density at radius 1 is 1.07 bits per heavy atom. The predicted molar refractivity (Wildman–Crippen MR) is 150 cm³/mol. The van der Waals surface area contributed by atoms with Gasteiger partial charge in [-0.2, -0.15) is 5.10 Å². The quantitative estimate of drug-likeness (QED) is 0.265. The molecule has 2 amide bonds. The minimum Gasteiger partial charge on any atom is -0.492 e. The van der Waals surface area contributed by atoms with Gasteiger partial charge in [0.05, 0.1) is 24.6 Å². The topological polar surface area (TPSA) is 118 Å². The second kappa shape index (κ2) is 11.9. The van der Waals surface area contributed by atoms with Crippen LogP contribution in [0.1, 0.15) is 26.5 Å². The van der Waals surface area contributed by atoms with Crippen molar-refractivity contribution < 1.29 is 23.2 Å². The van der Waals surface area contributed by atoms with Crippen molar-refractivity contribution in [3.05, 3.63) is 66.2 Å². The highest BCUT2D eigenvalue weighted by molar-refractivity contribution is 5.99. The number of anilines is 2. The van der Waals surface area contributed by atoms with Gasteiger partial charge < -0.3 is 19.3 Å². The molecule has 2 aromatic carbocycles. The minimum atomic E-state index is -0.557. The van der Waals surface area contributed by atoms with Gasteiger partial charge in [0.15, 0.2) is 5.82 Å². The monoisotopic (exact) mass is 548 g/mol. The third-order valence-electron chi connectivity index (χ3n) is 6.52. The molecule has 40 heavy (non-hydrogen) atoms. The molecule has 11 heteroatoms. The van der Waals surface area contributed by atoms with Crippen LogP contribution in [0.15, 0.2) is 59.1 Å². The molecule has 0 radical (unpaired) electrons. The summed E-state index contributed by atoms with van der Waals surface area (Å²) in [5, 5.41) is 16.3. The molecule has 10 nitrogen and oxygen atoms in total. The first-order chi connectivity index (χ1) is 19.2. The van der Waals surface area contributed by atoms with Crippen molar-refractivity contribution in [1.82, 2.24) is 20.3 Å². The van der Waals surface area contributed by atoms with E-state index in [1.807, 2.05) is 45.0 Å². The summed E-state index contributed by atoms with van der Waals surface area (Å²) in [6, 6.07) is 15.0. The summed E-state index contributed by atoms with van der Waals surface area (Å²) in [6.45, 7) is 10.8. The molecular weight excluding hydrogens is 515 g/mol. The van der Waals surface area contributed by atoms with Crippen LogP contribution in [0, 0.1) is 5.82 Å². The van der Waals surface area contributed by atoms with Crippen molar-refractivity contribution in [3.63, 3.8) is 0 Å². The smallest absolute Gasteiger partial charge is 0.324 e. The van der Waals surface area contributed by atoms with Crippen LogP contribution in [-0.4, -0.2) is 65.7 Å². The first-order valence-electron chi connectivity index (χ1n) is 13.2. The number of morpholine rings is 1. The van der Waals surface area contributed by atoms with Crippen molar-refractivity contribution >= 4 is 17.5 Å². The third-order valence-corrected chi connectivity index (χ3v) is 6.52. The van der Waals surface area contributed by atoms with E-state index in [2.05, 4.69) is 30.9 Å². The number of hydrogen-bond donors (Lipinski definition) is 3. The van der Waals surface area contributed by atoms with E-state index in [1.165, 1.54) is 6.07 Å². The maximum atomic E-state index is 15.0. The molecular formula is C29H33FN6O4. The van der Waals surface area contributed by atoms with Gasteiger partial charge in [0.25, 0.3) is 0 Å². The molecule has 2 aromatic heterocycles. The molecule has 4 aromatic rings. The summed E-state index contributed by atoms with van der Waals surface area (Å²) in [6.07, 6.45) is 0. The van der Waals surface area contributed by atoms with Gasteiger partial charge in [0, 0.05) is 47.9 Å². The van der Waals surface area contributed by atoms with Gasteiger partial charge in [0.1, 0.15) is 23.9 Å². The van der Waals surface area contributed by atoms with Gasteiger partial charge in [-0.1, -0.05) is 25.9 Å². The average molecular weight is 549 g/mol. The van der Waals surface area contributed by atoms with Gasteiger partial charge in [0.2, 0.25) is 0 Å². The van der Waals surface area contributed by atoms with Crippen LogP contribution >= 0.6 is 0 Å². The number of aromatic amines is 1. The number of rotatable bonds is 8. The number of carbonyl (C=O) groups excluding carboxylic acids is 1. The molecule has 0 bridgehead atoms. The van der Waals surface area contributed by atoms with Gasteiger partial charge in [-0.3, -0.25) is 15.3 Å². The second-order valence-corrected chi connectivity index (χ2v) is 10.6. The van der Waals surface area contributed by atoms with E-state index in [0.717, 1.165) is 44.2 Å². The van der Waals surface area contributed by atoms with Gasteiger partial charge in [-0.15, -0.1) is 0 Å². The summed E-state index contributed by atoms with van der Waals surface area (Å²) < 4.78 is 31.5. The van der Waals surface area contributed by atoms with Gasteiger partial charge in [-0.25, -0.2) is 9.18 Å². The number of H-pyrrole nitrogens is 1. The SMILES string of the molecule is CC(C)(C)c1cc(NC(=O)Nc2ccc(-c3cc(-c4ccc(OCCN5CCOCC5)cc4)n[nH]3)c(F)c2)no1. The number of halogens is 1. The van der Waals surface area contributed by atoms with Crippen LogP contribution < -0.4 is 15.4 Å². The molecule has 5 rings (SSSR count). The Bertz CT molecular complexity index is 1440. The highest BCUT2D eigenvalue weighted by atomic mass is 19.1. The summed E-state index contributed by atoms with van der Waals surface area (Å²) in [7, 11) is 0. The highest BCUT2D eigenvalue weighted by Gasteiger charge is 2.20. The van der Waals surface area contributed by atoms with Crippen LogP contribution in [0.25, 0.3) is 22.5 Å². The first kappa shape index (κ1) is 27.4. The van der Waals surface area contributed by atoms with Crippen LogP contribution in [0.3, 0.4) is 0 Å². The number of hydrogen-bond acceptors (Lipinski definition) is 7. The van der Waals surface area contributed by atoms with Crippen LogP contribution in [0.2, 0.25) is 0 Å². The summed E-state index contributed by atoms with van der Waals surface area (Å²) in [5.41, 5.74) is 2.46. The molecule has 1 aliphatic rings. The van der Waals surface area contributed by atoms with E-state index in [1.54, 1.807) is 24.3 Å². The van der Waals surface area contributed by atoms with Crippen molar-refractivity contribution in [3.8, 4) is 28.3 Å². The largest absolute Gasteiger partial charge is 0.492 e. The zero-order valence-corrected chi connectivity index (χ0v) is 22.8. The fourth-order valence-corrected chi connectivity index (χ4v) is 4.22. The molecule has 1 fully saturated rings. The maximum Gasteiger partial charge on any atom is 0.324 e. The first-order valence-corrected chi connectivity index (χ1v) is 13.2. The number of carbonyl (C=O) groups is 1. The number of ether oxygens (including phenoxy) is 2. The Morgan fingerprint density at radius 2 is 1.85 bits per heavy atom. The minimum absolute atomic E-state index is 0.240. The van der Waals surface area contributed by atoms with Crippen LogP contribution in [0.4, 0.5) is 20.7 Å². The lowest BCUT2D eigenvalue weighted by atomic mass is 9.93. The van der Waals surface area contributed by atoms with E-state index in [-0.39, 0.29) is 11.2 Å². The fraction of sp³-hybridized carbons (Fsp3) is 0.345. The van der Waals surface area contributed by atoms with Crippen molar-refractivity contribution in [2.45, 2.75) is 26.2 Å². The Hall–Kier alpha value is -4.22. The molecule has 0 atom stereocenters. The third kappa shape index (κ3) is 6.85. The van der Waals surface area contributed by atoms with E-state index in [4.69, 9.17) is 14.0 Å². The Balaban J connectivity index is 1.16. The zero-order valence-electron chi connectivity index (χ0n) is 22.8. The molecule has 0 spiro atoms. The lowest BCUT2D eigenvalue weighted by Gasteiger charge is -2.26. The standard InChI is InChI=1S/C29H33FN6O4/c1-29(2,3)26-18-27(35-40-26)32-28(37)31-20-6-9-22(23(30)16-20)25-17-24(33-34-25)19-4-7-21(8-5-19)39-15-12-36-10-13-38-14-11-36/h4-9,16-18H,10-15H2,1-3H3,(H,33,34)(H2,31,32,35,37). The molecule has 0 aliphatic carbocycles. The molecule has 0 unspecified atom stereocenters. The highest BCUT2D eigenvalue weighted by Crippen LogP contribution is 2.29. The normalized spacial score (nSPS) is 14.2. The Morgan fingerprint density at radius 3 is 2.55 bits per heavy atom. The summed E-state index contributed by atoms with van der Waals surface area (Å²) in [4.78, 5) is 14.7. The lowest BCUT2D eigenvalue weighted by molar-refractivity contribution is 0.0322. The van der Waals surface area contributed by atoms with Crippen molar-refractivity contribution in [1.29, 1.82) is 0 Å². The molecule has 0 saturated carbocycles. The molecule has 1 saturated heterocycles. The number of benzene rings is 2. The molecule has 210 valence electrons. The maximum absolute atomic E-state index is 15.0. The van der Waals surface area contributed by atoms with Crippen LogP contribution in [-0.2, 0) is 10.2 Å². The van der Waals surface area contributed by atoms with Gasteiger partial charge >= 0.3 is 6.03 Å². The average Bonchev–Trinajstić information content (AvgIpc) is 3.60. The number of aromatic nitrogens is 3. The Labute approximate surface area is 231 Å². The van der Waals surface area contributed by atoms with E-state index < -0.39 is 11.8 Å². The molecule has 1 aliphatic heterocycles. The zero-order chi connectivity index (χ0) is 28.1. The molecule has 3 heterocycles. The number of amides is 2.